The lowest BCUT2D eigenvalue weighted by atomic mass is 9.61. The van der Waals surface area contributed by atoms with E-state index in [9.17, 15) is 14.7 Å². The fraction of sp³-hybridized carbons (Fsp3) is 0.500. The number of carbonyl (C=O) groups excluding carboxylic acids is 2. The zero-order chi connectivity index (χ0) is 18.2. The first-order chi connectivity index (χ1) is 11.9. The summed E-state index contributed by atoms with van der Waals surface area (Å²) in [5.41, 5.74) is 2.44. The van der Waals surface area contributed by atoms with Crippen molar-refractivity contribution in [2.24, 2.45) is 16.9 Å². The molecule has 0 unspecified atom stereocenters. The summed E-state index contributed by atoms with van der Waals surface area (Å²) in [5.74, 6) is -2.12. The molecule has 2 aliphatic rings. The van der Waals surface area contributed by atoms with Gasteiger partial charge in [-0.2, -0.15) is 5.10 Å². The summed E-state index contributed by atoms with van der Waals surface area (Å²) < 4.78 is 10.4. The first-order valence-electron chi connectivity index (χ1n) is 8.28. The SMILES string of the molecule is CCOC(=O)[C@H]1[C@@H](c2ccc(OC)cc2)[C@H]2C(=O)NN=C2C[C@@]1(C)O. The van der Waals surface area contributed by atoms with Crippen molar-refractivity contribution in [3.63, 3.8) is 0 Å². The molecular weight excluding hydrogens is 324 g/mol. The third kappa shape index (κ3) is 3.00. The zero-order valence-electron chi connectivity index (χ0n) is 14.5. The van der Waals surface area contributed by atoms with E-state index in [0.717, 1.165) is 5.56 Å². The molecule has 0 spiro atoms. The number of hydrogen-bond donors (Lipinski definition) is 2. The van der Waals surface area contributed by atoms with E-state index < -0.39 is 29.3 Å². The van der Waals surface area contributed by atoms with Crippen LogP contribution in [0.25, 0.3) is 0 Å². The van der Waals surface area contributed by atoms with Crippen molar-refractivity contribution < 1.29 is 24.2 Å². The van der Waals surface area contributed by atoms with Crippen LogP contribution in [0.5, 0.6) is 5.75 Å². The van der Waals surface area contributed by atoms with Crippen molar-refractivity contribution in [2.45, 2.75) is 31.8 Å². The highest BCUT2D eigenvalue weighted by Gasteiger charge is 2.57. The Morgan fingerprint density at radius 1 is 1.40 bits per heavy atom. The minimum Gasteiger partial charge on any atom is -0.497 e. The van der Waals surface area contributed by atoms with Crippen LogP contribution < -0.4 is 10.2 Å². The van der Waals surface area contributed by atoms with Gasteiger partial charge in [0.05, 0.1) is 36.9 Å². The molecule has 7 heteroatoms. The number of esters is 1. The zero-order valence-corrected chi connectivity index (χ0v) is 14.5. The van der Waals surface area contributed by atoms with E-state index in [0.29, 0.717) is 11.5 Å². The van der Waals surface area contributed by atoms with Gasteiger partial charge in [0, 0.05) is 12.3 Å². The highest BCUT2D eigenvalue weighted by atomic mass is 16.5. The first-order valence-corrected chi connectivity index (χ1v) is 8.28. The maximum Gasteiger partial charge on any atom is 0.312 e. The van der Waals surface area contributed by atoms with Crippen molar-refractivity contribution in [2.75, 3.05) is 13.7 Å². The lowest BCUT2D eigenvalue weighted by molar-refractivity contribution is -0.160. The summed E-state index contributed by atoms with van der Waals surface area (Å²) in [6.45, 7) is 3.51. The minimum absolute atomic E-state index is 0.145. The van der Waals surface area contributed by atoms with Gasteiger partial charge in [-0.05, 0) is 31.5 Å². The lowest BCUT2D eigenvalue weighted by Gasteiger charge is -2.43. The van der Waals surface area contributed by atoms with Gasteiger partial charge in [-0.1, -0.05) is 12.1 Å². The maximum absolute atomic E-state index is 12.6. The number of benzene rings is 1. The number of hydrazone groups is 1. The molecule has 1 aromatic carbocycles. The summed E-state index contributed by atoms with van der Waals surface area (Å²) >= 11 is 0. The predicted molar refractivity (Wildman–Crippen MR) is 90.2 cm³/mol. The highest BCUT2D eigenvalue weighted by molar-refractivity contribution is 6.10. The number of nitrogens with zero attached hydrogens (tertiary/aromatic N) is 1. The summed E-state index contributed by atoms with van der Waals surface area (Å²) in [5, 5.41) is 15.0. The molecule has 134 valence electrons. The Kier molecular flexibility index (Phi) is 4.51. The Bertz CT molecular complexity index is 711. The quantitative estimate of drug-likeness (QED) is 0.799. The second kappa shape index (κ2) is 6.48. The first kappa shape index (κ1) is 17.4. The number of amides is 1. The van der Waals surface area contributed by atoms with E-state index in [4.69, 9.17) is 9.47 Å². The molecule has 0 saturated heterocycles. The molecule has 1 fully saturated rings. The van der Waals surface area contributed by atoms with Crippen LogP contribution >= 0.6 is 0 Å². The van der Waals surface area contributed by atoms with Crippen LogP contribution in [0, 0.1) is 11.8 Å². The third-order valence-corrected chi connectivity index (χ3v) is 4.92. The smallest absolute Gasteiger partial charge is 0.312 e. The molecule has 1 amide bonds. The van der Waals surface area contributed by atoms with Gasteiger partial charge in [0.1, 0.15) is 5.75 Å². The Morgan fingerprint density at radius 2 is 2.08 bits per heavy atom. The van der Waals surface area contributed by atoms with Gasteiger partial charge in [-0.3, -0.25) is 9.59 Å². The Balaban J connectivity index is 2.09. The van der Waals surface area contributed by atoms with Crippen LogP contribution in [-0.4, -0.2) is 42.0 Å². The molecule has 0 bridgehead atoms. The number of methoxy groups -OCH3 is 1. The van der Waals surface area contributed by atoms with Gasteiger partial charge in [-0.15, -0.1) is 0 Å². The topological polar surface area (TPSA) is 97.2 Å². The molecule has 2 N–H and O–H groups in total. The molecule has 25 heavy (non-hydrogen) atoms. The molecule has 3 rings (SSSR count). The van der Waals surface area contributed by atoms with Gasteiger partial charge in [0.15, 0.2) is 0 Å². The van der Waals surface area contributed by atoms with Gasteiger partial charge >= 0.3 is 5.97 Å². The van der Waals surface area contributed by atoms with Gasteiger partial charge in [0.2, 0.25) is 5.91 Å². The molecular formula is C18H22N2O5. The van der Waals surface area contributed by atoms with E-state index in [2.05, 4.69) is 10.5 Å². The van der Waals surface area contributed by atoms with E-state index >= 15 is 0 Å². The molecule has 7 nitrogen and oxygen atoms in total. The van der Waals surface area contributed by atoms with Gasteiger partial charge < -0.3 is 14.6 Å². The van der Waals surface area contributed by atoms with E-state index in [1.807, 2.05) is 0 Å². The third-order valence-electron chi connectivity index (χ3n) is 4.92. The normalized spacial score (nSPS) is 31.0. The van der Waals surface area contributed by atoms with E-state index in [1.165, 1.54) is 0 Å². The molecule has 1 aliphatic carbocycles. The second-order valence-electron chi connectivity index (χ2n) is 6.62. The molecule has 1 aliphatic heterocycles. The van der Waals surface area contributed by atoms with Gasteiger partial charge in [-0.25, -0.2) is 5.43 Å². The molecule has 1 aromatic rings. The minimum atomic E-state index is -1.36. The van der Waals surface area contributed by atoms with Crippen LogP contribution in [-0.2, 0) is 14.3 Å². The molecule has 4 atom stereocenters. The summed E-state index contributed by atoms with van der Waals surface area (Å²) in [7, 11) is 1.57. The number of fused-ring (bicyclic) bond motifs is 1. The Hall–Kier alpha value is -2.41. The van der Waals surface area contributed by atoms with Crippen molar-refractivity contribution in [3.05, 3.63) is 29.8 Å². The average Bonchev–Trinajstić information content (AvgIpc) is 2.93. The van der Waals surface area contributed by atoms with Crippen LogP contribution in [0.2, 0.25) is 0 Å². The van der Waals surface area contributed by atoms with Crippen molar-refractivity contribution in [3.8, 4) is 5.75 Å². The monoisotopic (exact) mass is 346 g/mol. The molecule has 0 aromatic heterocycles. The number of hydrogen-bond acceptors (Lipinski definition) is 6. The summed E-state index contributed by atoms with van der Waals surface area (Å²) in [6, 6.07) is 7.15. The number of nitrogens with one attached hydrogen (secondary N) is 1. The van der Waals surface area contributed by atoms with Crippen LogP contribution in [0.4, 0.5) is 0 Å². The van der Waals surface area contributed by atoms with E-state index in [1.54, 1.807) is 45.2 Å². The second-order valence-corrected chi connectivity index (χ2v) is 6.62. The van der Waals surface area contributed by atoms with Crippen LogP contribution in [0.1, 0.15) is 31.7 Å². The lowest BCUT2D eigenvalue weighted by Crippen LogP contribution is -2.54. The van der Waals surface area contributed by atoms with Crippen molar-refractivity contribution in [1.29, 1.82) is 0 Å². The summed E-state index contributed by atoms with van der Waals surface area (Å²) in [6.07, 6.45) is 0.145. The molecule has 1 saturated carbocycles. The van der Waals surface area contributed by atoms with Crippen LogP contribution in [0.15, 0.2) is 29.4 Å². The van der Waals surface area contributed by atoms with E-state index in [-0.39, 0.29) is 18.9 Å². The number of aliphatic hydroxyl groups is 1. The van der Waals surface area contributed by atoms with Crippen LogP contribution in [0.3, 0.4) is 0 Å². The molecule has 0 radical (unpaired) electrons. The fourth-order valence-electron chi connectivity index (χ4n) is 3.84. The maximum atomic E-state index is 12.6. The average molecular weight is 346 g/mol. The highest BCUT2D eigenvalue weighted by Crippen LogP contribution is 2.47. The number of rotatable bonds is 4. The van der Waals surface area contributed by atoms with Crippen molar-refractivity contribution >= 4 is 17.6 Å². The van der Waals surface area contributed by atoms with Crippen molar-refractivity contribution in [1.82, 2.24) is 5.43 Å². The summed E-state index contributed by atoms with van der Waals surface area (Å²) in [4.78, 5) is 25.0. The predicted octanol–water partition coefficient (Wildman–Crippen LogP) is 1.21. The number of ether oxygens (including phenoxy) is 2. The standard InChI is InChI=1S/C18H22N2O5/c1-4-25-17(22)15-13(10-5-7-11(24-3)8-6-10)14-12(9-18(15,2)23)19-20-16(14)21/h5-8,13-15,23H,4,9H2,1-3H3,(H,20,21)/t13-,14-,15+,18+/m0/s1. The Labute approximate surface area is 146 Å². The largest absolute Gasteiger partial charge is 0.497 e. The number of carbonyl (C=O) groups is 2. The molecule has 1 heterocycles. The Morgan fingerprint density at radius 3 is 2.68 bits per heavy atom. The fourth-order valence-corrected chi connectivity index (χ4v) is 3.84. The van der Waals surface area contributed by atoms with Gasteiger partial charge in [0.25, 0.3) is 0 Å².